The predicted octanol–water partition coefficient (Wildman–Crippen LogP) is 2.07. The lowest BCUT2D eigenvalue weighted by molar-refractivity contribution is -0.137. The first-order valence-corrected chi connectivity index (χ1v) is 5.82. The van der Waals surface area contributed by atoms with Crippen LogP contribution in [0.2, 0.25) is 0 Å². The average Bonchev–Trinajstić information content (AvgIpc) is 2.38. The van der Waals surface area contributed by atoms with E-state index in [0.29, 0.717) is 6.54 Å². The van der Waals surface area contributed by atoms with Gasteiger partial charge in [-0.1, -0.05) is 0 Å². The highest BCUT2D eigenvalue weighted by Gasteiger charge is 2.06. The van der Waals surface area contributed by atoms with E-state index in [9.17, 15) is 4.79 Å². The molecule has 0 unspecified atom stereocenters. The van der Waals surface area contributed by atoms with Crippen LogP contribution in [0.25, 0.3) is 0 Å². The first-order valence-electron chi connectivity index (χ1n) is 5.82. The van der Waals surface area contributed by atoms with Crippen molar-refractivity contribution in [2.75, 3.05) is 13.6 Å². The minimum absolute atomic E-state index is 0.144. The zero-order valence-electron chi connectivity index (χ0n) is 10.3. The fourth-order valence-corrected chi connectivity index (χ4v) is 1.72. The van der Waals surface area contributed by atoms with Gasteiger partial charge in [0.1, 0.15) is 0 Å². The van der Waals surface area contributed by atoms with Crippen LogP contribution in [0.15, 0.2) is 60.3 Å². The monoisotopic (exact) mass is 244 g/mol. The van der Waals surface area contributed by atoms with Gasteiger partial charge in [0.2, 0.25) is 0 Å². The summed E-state index contributed by atoms with van der Waals surface area (Å²) in [6, 6.07) is 0. The molecule has 0 aromatic carbocycles. The molecule has 0 atom stereocenters. The molecule has 0 bridgehead atoms. The SMILES string of the molecule is CN1C=CC(=C2C=CN(CCC(=O)O)C=C2)C=C1. The van der Waals surface area contributed by atoms with E-state index in [1.165, 1.54) is 0 Å². The first-order chi connectivity index (χ1) is 8.65. The Hall–Kier alpha value is -2.23. The van der Waals surface area contributed by atoms with E-state index in [1.54, 1.807) is 0 Å². The van der Waals surface area contributed by atoms with Crippen LogP contribution in [0.1, 0.15) is 6.42 Å². The van der Waals surface area contributed by atoms with E-state index >= 15 is 0 Å². The van der Waals surface area contributed by atoms with Crippen molar-refractivity contribution in [3.63, 3.8) is 0 Å². The number of carbonyl (C=O) groups is 1. The molecule has 0 fully saturated rings. The summed E-state index contributed by atoms with van der Waals surface area (Å²) in [7, 11) is 1.98. The van der Waals surface area contributed by atoms with Crippen LogP contribution >= 0.6 is 0 Å². The van der Waals surface area contributed by atoms with Crippen molar-refractivity contribution in [3.05, 3.63) is 60.3 Å². The summed E-state index contributed by atoms with van der Waals surface area (Å²) >= 11 is 0. The Kier molecular flexibility index (Phi) is 3.67. The first kappa shape index (κ1) is 12.2. The van der Waals surface area contributed by atoms with Crippen LogP contribution in [0.5, 0.6) is 0 Å². The van der Waals surface area contributed by atoms with Gasteiger partial charge in [0, 0.05) is 38.4 Å². The highest BCUT2D eigenvalue weighted by atomic mass is 16.4. The molecule has 18 heavy (non-hydrogen) atoms. The Bertz CT molecular complexity index is 452. The summed E-state index contributed by atoms with van der Waals surface area (Å²) in [5, 5.41) is 8.62. The molecule has 1 N–H and O–H groups in total. The van der Waals surface area contributed by atoms with E-state index in [1.807, 2.05) is 53.8 Å². The third-order valence-electron chi connectivity index (χ3n) is 2.79. The zero-order valence-corrected chi connectivity index (χ0v) is 10.3. The molecule has 4 nitrogen and oxygen atoms in total. The van der Waals surface area contributed by atoms with Crippen LogP contribution < -0.4 is 0 Å². The van der Waals surface area contributed by atoms with Crippen molar-refractivity contribution in [2.45, 2.75) is 6.42 Å². The fourth-order valence-electron chi connectivity index (χ4n) is 1.72. The molecular weight excluding hydrogens is 228 g/mol. The minimum atomic E-state index is -0.776. The number of nitrogens with zero attached hydrogens (tertiary/aromatic N) is 2. The van der Waals surface area contributed by atoms with Crippen molar-refractivity contribution >= 4 is 5.97 Å². The van der Waals surface area contributed by atoms with Crippen LogP contribution in [-0.4, -0.2) is 34.5 Å². The van der Waals surface area contributed by atoms with Crippen LogP contribution in [0.4, 0.5) is 0 Å². The van der Waals surface area contributed by atoms with E-state index in [0.717, 1.165) is 11.1 Å². The maximum absolute atomic E-state index is 10.5. The molecule has 0 radical (unpaired) electrons. The van der Waals surface area contributed by atoms with Crippen molar-refractivity contribution in [2.24, 2.45) is 0 Å². The third kappa shape index (κ3) is 3.13. The standard InChI is InChI=1S/C14H16N2O2/c1-15-7-2-12(3-8-15)13-4-9-16(10-5-13)11-6-14(17)18/h2-5,7-10H,6,11H2,1H3,(H,17,18). The number of allylic oxidation sites excluding steroid dienone is 6. The van der Waals surface area contributed by atoms with Gasteiger partial charge in [-0.2, -0.15) is 0 Å². The molecule has 94 valence electrons. The predicted molar refractivity (Wildman–Crippen MR) is 70.3 cm³/mol. The molecule has 2 aliphatic rings. The Balaban J connectivity index is 2.01. The lowest BCUT2D eigenvalue weighted by atomic mass is 10.0. The summed E-state index contributed by atoms with van der Waals surface area (Å²) in [6.45, 7) is 0.499. The van der Waals surface area contributed by atoms with E-state index in [2.05, 4.69) is 12.2 Å². The van der Waals surface area contributed by atoms with E-state index in [-0.39, 0.29) is 6.42 Å². The lowest BCUT2D eigenvalue weighted by Gasteiger charge is -2.19. The Morgan fingerprint density at radius 3 is 2.06 bits per heavy atom. The van der Waals surface area contributed by atoms with Gasteiger partial charge in [-0.15, -0.1) is 0 Å². The van der Waals surface area contributed by atoms with E-state index < -0.39 is 5.97 Å². The molecule has 0 aromatic rings. The molecule has 0 aliphatic carbocycles. The van der Waals surface area contributed by atoms with E-state index in [4.69, 9.17) is 5.11 Å². The molecule has 0 amide bonds. The van der Waals surface area contributed by atoms with Crippen LogP contribution in [0, 0.1) is 0 Å². The van der Waals surface area contributed by atoms with Gasteiger partial charge in [0.25, 0.3) is 0 Å². The number of carboxylic acid groups (broad SMARTS) is 1. The highest BCUT2D eigenvalue weighted by Crippen LogP contribution is 2.18. The van der Waals surface area contributed by atoms with Crippen molar-refractivity contribution < 1.29 is 9.90 Å². The average molecular weight is 244 g/mol. The number of hydrogen-bond acceptors (Lipinski definition) is 3. The normalized spacial score (nSPS) is 17.8. The molecule has 0 aromatic heterocycles. The topological polar surface area (TPSA) is 43.8 Å². The zero-order chi connectivity index (χ0) is 13.0. The summed E-state index contributed by atoms with van der Waals surface area (Å²) in [6.07, 6.45) is 16.1. The number of aliphatic carboxylic acids is 1. The van der Waals surface area contributed by atoms with Crippen molar-refractivity contribution in [3.8, 4) is 0 Å². The summed E-state index contributed by atoms with van der Waals surface area (Å²) in [5.41, 5.74) is 2.28. The van der Waals surface area contributed by atoms with Gasteiger partial charge in [0.15, 0.2) is 0 Å². The van der Waals surface area contributed by atoms with Gasteiger partial charge in [-0.25, -0.2) is 0 Å². The van der Waals surface area contributed by atoms with Gasteiger partial charge >= 0.3 is 5.97 Å². The van der Waals surface area contributed by atoms with Gasteiger partial charge in [0.05, 0.1) is 6.42 Å². The maximum atomic E-state index is 10.5. The second-order valence-corrected chi connectivity index (χ2v) is 4.22. The summed E-state index contributed by atoms with van der Waals surface area (Å²) < 4.78 is 0. The Labute approximate surface area is 106 Å². The van der Waals surface area contributed by atoms with Gasteiger partial charge in [-0.3, -0.25) is 4.79 Å². The highest BCUT2D eigenvalue weighted by molar-refractivity contribution is 5.67. The minimum Gasteiger partial charge on any atom is -0.481 e. The molecule has 0 saturated carbocycles. The Morgan fingerprint density at radius 2 is 1.56 bits per heavy atom. The molecular formula is C14H16N2O2. The molecule has 2 aliphatic heterocycles. The molecule has 2 heterocycles. The fraction of sp³-hybridized carbons (Fsp3) is 0.214. The van der Waals surface area contributed by atoms with Crippen LogP contribution in [0.3, 0.4) is 0 Å². The molecule has 2 rings (SSSR count). The largest absolute Gasteiger partial charge is 0.481 e. The summed E-state index contributed by atoms with van der Waals surface area (Å²) in [5.74, 6) is -0.776. The molecule has 0 saturated heterocycles. The quantitative estimate of drug-likeness (QED) is 0.825. The van der Waals surface area contributed by atoms with Gasteiger partial charge < -0.3 is 14.9 Å². The lowest BCUT2D eigenvalue weighted by Crippen LogP contribution is -2.16. The number of carboxylic acids is 1. The van der Waals surface area contributed by atoms with Gasteiger partial charge in [-0.05, 0) is 35.5 Å². The Morgan fingerprint density at radius 1 is 1.06 bits per heavy atom. The van der Waals surface area contributed by atoms with Crippen molar-refractivity contribution in [1.82, 2.24) is 9.80 Å². The number of rotatable bonds is 3. The third-order valence-corrected chi connectivity index (χ3v) is 2.79. The maximum Gasteiger partial charge on any atom is 0.305 e. The summed E-state index contributed by atoms with van der Waals surface area (Å²) in [4.78, 5) is 14.3. The molecule has 4 heteroatoms. The number of hydrogen-bond donors (Lipinski definition) is 1. The van der Waals surface area contributed by atoms with Crippen LogP contribution in [-0.2, 0) is 4.79 Å². The van der Waals surface area contributed by atoms with Crippen molar-refractivity contribution in [1.29, 1.82) is 0 Å². The molecule has 0 spiro atoms. The smallest absolute Gasteiger partial charge is 0.305 e. The second-order valence-electron chi connectivity index (χ2n) is 4.22. The second kappa shape index (κ2) is 5.40.